The molecule has 3 rings (SSSR count). The van der Waals surface area contributed by atoms with Crippen molar-refractivity contribution in [2.24, 2.45) is 5.73 Å². The molecule has 2 N–H and O–H groups in total. The predicted molar refractivity (Wildman–Crippen MR) is 99.4 cm³/mol. The summed E-state index contributed by atoms with van der Waals surface area (Å²) in [5, 5.41) is 0. The number of carbonyl (C=O) groups excluding carboxylic acids is 1. The van der Waals surface area contributed by atoms with E-state index in [1.165, 1.54) is 36.9 Å². The van der Waals surface area contributed by atoms with Gasteiger partial charge in [0.15, 0.2) is 0 Å². The fourth-order valence-corrected chi connectivity index (χ4v) is 3.72. The molecule has 0 unspecified atom stereocenters. The number of nitrogens with two attached hydrogens (primary N) is 1. The van der Waals surface area contributed by atoms with Gasteiger partial charge in [-0.3, -0.25) is 4.79 Å². The molecule has 1 aromatic heterocycles. The lowest BCUT2D eigenvalue weighted by molar-refractivity contribution is 0.1000. The highest BCUT2D eigenvalue weighted by atomic mass is 16.1. The van der Waals surface area contributed by atoms with Crippen LogP contribution in [0.3, 0.4) is 0 Å². The van der Waals surface area contributed by atoms with Crippen LogP contribution in [0.2, 0.25) is 0 Å². The van der Waals surface area contributed by atoms with E-state index in [0.29, 0.717) is 6.04 Å². The third-order valence-corrected chi connectivity index (χ3v) is 5.07. The number of benzene rings is 1. The van der Waals surface area contributed by atoms with Crippen molar-refractivity contribution in [3.8, 4) is 11.1 Å². The van der Waals surface area contributed by atoms with Crippen molar-refractivity contribution >= 4 is 5.91 Å². The van der Waals surface area contributed by atoms with Crippen LogP contribution in [0.4, 0.5) is 0 Å². The number of unbranched alkanes of at least 4 members (excludes halogenated alkanes) is 2. The van der Waals surface area contributed by atoms with Crippen LogP contribution in [0.5, 0.6) is 0 Å². The van der Waals surface area contributed by atoms with Gasteiger partial charge in [-0.15, -0.1) is 0 Å². The highest BCUT2D eigenvalue weighted by Gasteiger charge is 2.32. The molecule has 0 bridgehead atoms. The van der Waals surface area contributed by atoms with Crippen LogP contribution in [0.15, 0.2) is 24.3 Å². The first-order chi connectivity index (χ1) is 11.5. The highest BCUT2D eigenvalue weighted by Crippen LogP contribution is 2.43. The van der Waals surface area contributed by atoms with Crippen molar-refractivity contribution in [2.45, 2.75) is 65.3 Å². The van der Waals surface area contributed by atoms with E-state index in [9.17, 15) is 4.79 Å². The predicted octanol–water partition coefficient (Wildman–Crippen LogP) is 4.94. The molecular formula is C21H28N2O. The number of primary amides is 1. The Kier molecular flexibility index (Phi) is 4.79. The van der Waals surface area contributed by atoms with Crippen molar-refractivity contribution in [2.75, 3.05) is 0 Å². The van der Waals surface area contributed by atoms with E-state index in [-0.39, 0.29) is 5.91 Å². The normalized spacial score (nSPS) is 14.1. The van der Waals surface area contributed by atoms with E-state index >= 15 is 0 Å². The van der Waals surface area contributed by atoms with Gasteiger partial charge in [0.2, 0.25) is 0 Å². The van der Waals surface area contributed by atoms with Gasteiger partial charge in [0, 0.05) is 23.0 Å². The smallest absolute Gasteiger partial charge is 0.251 e. The van der Waals surface area contributed by atoms with Crippen LogP contribution < -0.4 is 5.73 Å². The summed E-state index contributed by atoms with van der Waals surface area (Å²) in [6.45, 7) is 6.36. The zero-order valence-electron chi connectivity index (χ0n) is 15.1. The lowest BCUT2D eigenvalue weighted by atomic mass is 9.96. The molecule has 1 heterocycles. The molecule has 1 amide bonds. The van der Waals surface area contributed by atoms with Gasteiger partial charge in [0.05, 0.1) is 5.56 Å². The first-order valence-corrected chi connectivity index (χ1v) is 9.15. The molecule has 0 saturated heterocycles. The topological polar surface area (TPSA) is 48.0 Å². The van der Waals surface area contributed by atoms with Crippen molar-refractivity contribution in [3.05, 3.63) is 46.8 Å². The Balaban J connectivity index is 2.17. The first-order valence-electron chi connectivity index (χ1n) is 9.15. The molecule has 24 heavy (non-hydrogen) atoms. The maximum absolute atomic E-state index is 12.2. The van der Waals surface area contributed by atoms with E-state index in [0.717, 1.165) is 35.2 Å². The number of hydrogen-bond acceptors (Lipinski definition) is 1. The van der Waals surface area contributed by atoms with Gasteiger partial charge in [0.1, 0.15) is 0 Å². The second-order valence-electron chi connectivity index (χ2n) is 7.07. The molecule has 1 aliphatic rings. The second kappa shape index (κ2) is 6.84. The van der Waals surface area contributed by atoms with Crippen LogP contribution >= 0.6 is 0 Å². The van der Waals surface area contributed by atoms with E-state index in [1.54, 1.807) is 0 Å². The van der Waals surface area contributed by atoms with Gasteiger partial charge in [-0.25, -0.2) is 0 Å². The second-order valence-corrected chi connectivity index (χ2v) is 7.07. The number of hydrogen-bond donors (Lipinski definition) is 1. The molecule has 2 aromatic rings. The molecule has 1 aliphatic carbocycles. The highest BCUT2D eigenvalue weighted by molar-refractivity contribution is 6.02. The summed E-state index contributed by atoms with van der Waals surface area (Å²) in [5.41, 5.74) is 12.3. The molecule has 3 nitrogen and oxygen atoms in total. The van der Waals surface area contributed by atoms with Gasteiger partial charge in [-0.1, -0.05) is 49.6 Å². The number of rotatable bonds is 7. The Morgan fingerprint density at radius 1 is 1.17 bits per heavy atom. The Bertz CT molecular complexity index is 736. The number of aryl methyl sites for hydroxylation is 1. The van der Waals surface area contributed by atoms with Crippen LogP contribution in [0.1, 0.15) is 72.4 Å². The van der Waals surface area contributed by atoms with Crippen molar-refractivity contribution in [1.82, 2.24) is 4.57 Å². The number of nitrogens with zero attached hydrogens (tertiary/aromatic N) is 1. The SMILES string of the molecule is CCCCCc1c(-c2ccc(C)cc2)c(C(N)=O)c(C)n1C1CC1. The fraction of sp³-hybridized carbons (Fsp3) is 0.476. The largest absolute Gasteiger partial charge is 0.366 e. The third kappa shape index (κ3) is 3.12. The van der Waals surface area contributed by atoms with Gasteiger partial charge in [0.25, 0.3) is 5.91 Å². The minimum atomic E-state index is -0.306. The van der Waals surface area contributed by atoms with Crippen molar-refractivity contribution < 1.29 is 4.79 Å². The van der Waals surface area contributed by atoms with E-state index in [2.05, 4.69) is 49.6 Å². The van der Waals surface area contributed by atoms with Crippen LogP contribution in [-0.4, -0.2) is 10.5 Å². The van der Waals surface area contributed by atoms with Crippen LogP contribution in [0, 0.1) is 13.8 Å². The summed E-state index contributed by atoms with van der Waals surface area (Å²) in [7, 11) is 0. The molecule has 1 aromatic carbocycles. The molecule has 0 atom stereocenters. The lowest BCUT2D eigenvalue weighted by Crippen LogP contribution is -2.13. The van der Waals surface area contributed by atoms with Gasteiger partial charge in [-0.2, -0.15) is 0 Å². The maximum Gasteiger partial charge on any atom is 0.251 e. The summed E-state index contributed by atoms with van der Waals surface area (Å²) in [5.74, 6) is -0.306. The van der Waals surface area contributed by atoms with Crippen molar-refractivity contribution in [3.63, 3.8) is 0 Å². The number of carbonyl (C=O) groups is 1. The quantitative estimate of drug-likeness (QED) is 0.721. The fourth-order valence-electron chi connectivity index (χ4n) is 3.72. The monoisotopic (exact) mass is 324 g/mol. The molecule has 3 heteroatoms. The minimum Gasteiger partial charge on any atom is -0.366 e. The summed E-state index contributed by atoms with van der Waals surface area (Å²) in [6.07, 6.45) is 7.01. The Morgan fingerprint density at radius 2 is 1.83 bits per heavy atom. The Morgan fingerprint density at radius 3 is 2.38 bits per heavy atom. The molecule has 1 fully saturated rings. The first kappa shape index (κ1) is 16.8. The van der Waals surface area contributed by atoms with Crippen LogP contribution in [-0.2, 0) is 6.42 Å². The van der Waals surface area contributed by atoms with E-state index in [4.69, 9.17) is 5.73 Å². The third-order valence-electron chi connectivity index (χ3n) is 5.07. The van der Waals surface area contributed by atoms with Crippen molar-refractivity contribution in [1.29, 1.82) is 0 Å². The van der Waals surface area contributed by atoms with Crippen LogP contribution in [0.25, 0.3) is 11.1 Å². The molecule has 0 spiro atoms. The van der Waals surface area contributed by atoms with Gasteiger partial charge < -0.3 is 10.3 Å². The number of aromatic nitrogens is 1. The Labute approximate surface area is 144 Å². The zero-order chi connectivity index (χ0) is 17.3. The molecular weight excluding hydrogens is 296 g/mol. The lowest BCUT2D eigenvalue weighted by Gasteiger charge is -2.12. The van der Waals surface area contributed by atoms with E-state index in [1.807, 2.05) is 0 Å². The average Bonchev–Trinajstić information content (AvgIpc) is 3.33. The Hall–Kier alpha value is -2.03. The molecule has 0 radical (unpaired) electrons. The average molecular weight is 324 g/mol. The minimum absolute atomic E-state index is 0.306. The molecule has 1 saturated carbocycles. The van der Waals surface area contributed by atoms with Gasteiger partial charge in [-0.05, 0) is 45.1 Å². The molecule has 0 aliphatic heterocycles. The van der Waals surface area contributed by atoms with E-state index < -0.39 is 0 Å². The summed E-state index contributed by atoms with van der Waals surface area (Å²) < 4.78 is 2.41. The standard InChI is InChI=1S/C21H28N2O/c1-4-5-6-7-18-20(16-10-8-14(2)9-11-16)19(21(22)24)15(3)23(18)17-12-13-17/h8-11,17H,4-7,12-13H2,1-3H3,(H2,22,24). The zero-order valence-corrected chi connectivity index (χ0v) is 15.1. The summed E-state index contributed by atoms with van der Waals surface area (Å²) in [6, 6.07) is 9.02. The summed E-state index contributed by atoms with van der Waals surface area (Å²) in [4.78, 5) is 12.2. The number of amides is 1. The molecule has 128 valence electrons. The van der Waals surface area contributed by atoms with Gasteiger partial charge >= 0.3 is 0 Å². The maximum atomic E-state index is 12.2. The summed E-state index contributed by atoms with van der Waals surface area (Å²) >= 11 is 0.